The van der Waals surface area contributed by atoms with E-state index in [0.29, 0.717) is 0 Å². The molecule has 0 saturated carbocycles. The highest BCUT2D eigenvalue weighted by molar-refractivity contribution is 6.31. The van der Waals surface area contributed by atoms with Crippen LogP contribution in [0.4, 0.5) is 4.39 Å². The van der Waals surface area contributed by atoms with Gasteiger partial charge in [-0.05, 0) is 53.9 Å². The second-order valence-electron chi connectivity index (χ2n) is 4.55. The zero-order chi connectivity index (χ0) is 13.8. The maximum absolute atomic E-state index is 13.1. The van der Waals surface area contributed by atoms with Crippen molar-refractivity contribution in [1.82, 2.24) is 5.32 Å². The molecule has 0 aliphatic carbocycles. The fourth-order valence-electron chi connectivity index (χ4n) is 2.07. The molecule has 0 aliphatic heterocycles. The van der Waals surface area contributed by atoms with Gasteiger partial charge >= 0.3 is 0 Å². The van der Waals surface area contributed by atoms with Gasteiger partial charge in [-0.25, -0.2) is 4.39 Å². The van der Waals surface area contributed by atoms with Gasteiger partial charge < -0.3 is 5.32 Å². The maximum atomic E-state index is 13.1. The van der Waals surface area contributed by atoms with Crippen LogP contribution in [0.5, 0.6) is 0 Å². The molecule has 0 aliphatic rings. The Morgan fingerprint density at radius 3 is 2.58 bits per heavy atom. The molecule has 0 aromatic heterocycles. The Bertz CT molecular complexity index is 581. The summed E-state index contributed by atoms with van der Waals surface area (Å²) < 4.78 is 13.1. The molecule has 1 nitrogen and oxygen atoms in total. The van der Waals surface area contributed by atoms with Crippen LogP contribution in [0.2, 0.25) is 5.02 Å². The third kappa shape index (κ3) is 3.34. The highest BCUT2D eigenvalue weighted by Crippen LogP contribution is 2.28. The molecule has 0 saturated heterocycles. The Morgan fingerprint density at radius 1 is 1.16 bits per heavy atom. The summed E-state index contributed by atoms with van der Waals surface area (Å²) in [4.78, 5) is 0. The third-order valence-electron chi connectivity index (χ3n) is 3.12. The molecule has 2 aromatic rings. The van der Waals surface area contributed by atoms with Crippen molar-refractivity contribution in [3.8, 4) is 11.1 Å². The molecule has 2 aromatic carbocycles. The fraction of sp³-hybridized carbons (Fsp3) is 0.250. The number of nitrogens with one attached hydrogen (secondary N) is 1. The van der Waals surface area contributed by atoms with Crippen LogP contribution >= 0.6 is 11.6 Å². The van der Waals surface area contributed by atoms with Crippen LogP contribution in [-0.4, -0.2) is 6.54 Å². The summed E-state index contributed by atoms with van der Waals surface area (Å²) in [6.45, 7) is 5.64. The summed E-state index contributed by atoms with van der Waals surface area (Å²) in [7, 11) is 0. The lowest BCUT2D eigenvalue weighted by molar-refractivity contribution is 0.627. The topological polar surface area (TPSA) is 12.0 Å². The van der Waals surface area contributed by atoms with Gasteiger partial charge in [0.05, 0.1) is 0 Å². The normalized spacial score (nSPS) is 10.7. The molecule has 19 heavy (non-hydrogen) atoms. The van der Waals surface area contributed by atoms with E-state index in [0.717, 1.165) is 40.4 Å². The van der Waals surface area contributed by atoms with E-state index < -0.39 is 0 Å². The van der Waals surface area contributed by atoms with Gasteiger partial charge in [-0.3, -0.25) is 0 Å². The summed E-state index contributed by atoms with van der Waals surface area (Å²) in [5.74, 6) is -0.212. The smallest absolute Gasteiger partial charge is 0.123 e. The van der Waals surface area contributed by atoms with Crippen molar-refractivity contribution in [2.45, 2.75) is 20.4 Å². The standard InChI is InChI=1S/C16H17ClFN/c1-3-19-10-13-5-4-12(9-16(13)17)15-7-6-14(18)8-11(15)2/h4-9,19H,3,10H2,1-2H3. The first-order chi connectivity index (χ1) is 9.11. The summed E-state index contributed by atoms with van der Waals surface area (Å²) in [6, 6.07) is 10.8. The largest absolute Gasteiger partial charge is 0.313 e. The van der Waals surface area contributed by atoms with Crippen molar-refractivity contribution < 1.29 is 4.39 Å². The van der Waals surface area contributed by atoms with Crippen LogP contribution in [-0.2, 0) is 6.54 Å². The van der Waals surface area contributed by atoms with Gasteiger partial charge in [-0.15, -0.1) is 0 Å². The number of benzene rings is 2. The van der Waals surface area contributed by atoms with E-state index in [4.69, 9.17) is 11.6 Å². The van der Waals surface area contributed by atoms with Crippen LogP contribution in [0.25, 0.3) is 11.1 Å². The second kappa shape index (κ2) is 6.18. The zero-order valence-electron chi connectivity index (χ0n) is 11.1. The molecule has 0 spiro atoms. The second-order valence-corrected chi connectivity index (χ2v) is 4.95. The summed E-state index contributed by atoms with van der Waals surface area (Å²) in [5, 5.41) is 3.99. The van der Waals surface area contributed by atoms with Gasteiger partial charge in [0.15, 0.2) is 0 Å². The molecule has 0 radical (unpaired) electrons. The number of rotatable bonds is 4. The first-order valence-electron chi connectivity index (χ1n) is 6.37. The Kier molecular flexibility index (Phi) is 4.56. The molecular formula is C16H17ClFN. The minimum Gasteiger partial charge on any atom is -0.313 e. The Morgan fingerprint density at radius 2 is 1.95 bits per heavy atom. The van der Waals surface area contributed by atoms with E-state index >= 15 is 0 Å². The Balaban J connectivity index is 2.33. The lowest BCUT2D eigenvalue weighted by atomic mass is 9.99. The van der Waals surface area contributed by atoms with E-state index in [2.05, 4.69) is 12.2 Å². The van der Waals surface area contributed by atoms with Gasteiger partial charge in [-0.1, -0.05) is 36.7 Å². The van der Waals surface area contributed by atoms with Crippen LogP contribution in [0, 0.1) is 12.7 Å². The van der Waals surface area contributed by atoms with Crippen LogP contribution < -0.4 is 5.32 Å². The molecule has 3 heteroatoms. The fourth-order valence-corrected chi connectivity index (χ4v) is 2.32. The van der Waals surface area contributed by atoms with Crippen LogP contribution in [0.15, 0.2) is 36.4 Å². The van der Waals surface area contributed by atoms with Crippen molar-refractivity contribution in [3.05, 3.63) is 58.4 Å². The van der Waals surface area contributed by atoms with Crippen LogP contribution in [0.3, 0.4) is 0 Å². The SMILES string of the molecule is CCNCc1ccc(-c2ccc(F)cc2C)cc1Cl. The molecule has 1 N–H and O–H groups in total. The zero-order valence-corrected chi connectivity index (χ0v) is 11.9. The Hall–Kier alpha value is -1.38. The van der Waals surface area contributed by atoms with E-state index in [1.54, 1.807) is 6.07 Å². The average Bonchev–Trinajstić information content (AvgIpc) is 2.37. The van der Waals surface area contributed by atoms with E-state index in [1.165, 1.54) is 12.1 Å². The van der Waals surface area contributed by atoms with Gasteiger partial charge in [0.1, 0.15) is 5.82 Å². The molecule has 0 heterocycles. The first kappa shape index (κ1) is 14.0. The van der Waals surface area contributed by atoms with E-state index in [1.807, 2.05) is 25.1 Å². The third-order valence-corrected chi connectivity index (χ3v) is 3.47. The maximum Gasteiger partial charge on any atom is 0.123 e. The number of hydrogen-bond acceptors (Lipinski definition) is 1. The van der Waals surface area contributed by atoms with Gasteiger partial charge in [0.2, 0.25) is 0 Å². The summed E-state index contributed by atoms with van der Waals surface area (Å²) >= 11 is 6.28. The molecule has 2 rings (SSSR count). The molecule has 0 amide bonds. The molecular weight excluding hydrogens is 261 g/mol. The van der Waals surface area contributed by atoms with Gasteiger partial charge in [-0.2, -0.15) is 0 Å². The van der Waals surface area contributed by atoms with Crippen molar-refractivity contribution in [2.24, 2.45) is 0 Å². The predicted octanol–water partition coefficient (Wildman–Crippen LogP) is 4.56. The van der Waals surface area contributed by atoms with Crippen LogP contribution in [0.1, 0.15) is 18.1 Å². The Labute approximate surface area is 118 Å². The number of hydrogen-bond donors (Lipinski definition) is 1. The first-order valence-corrected chi connectivity index (χ1v) is 6.75. The molecule has 100 valence electrons. The minimum absolute atomic E-state index is 0.212. The van der Waals surface area contributed by atoms with Crippen molar-refractivity contribution in [3.63, 3.8) is 0 Å². The molecule has 0 bridgehead atoms. The van der Waals surface area contributed by atoms with E-state index in [9.17, 15) is 4.39 Å². The van der Waals surface area contributed by atoms with Gasteiger partial charge in [0.25, 0.3) is 0 Å². The monoisotopic (exact) mass is 277 g/mol. The number of aryl methyl sites for hydroxylation is 1. The predicted molar refractivity (Wildman–Crippen MR) is 79.0 cm³/mol. The molecule has 0 atom stereocenters. The van der Waals surface area contributed by atoms with Gasteiger partial charge in [0, 0.05) is 11.6 Å². The highest BCUT2D eigenvalue weighted by Gasteiger charge is 2.06. The minimum atomic E-state index is -0.212. The lowest BCUT2D eigenvalue weighted by Crippen LogP contribution is -2.11. The molecule has 0 fully saturated rings. The van der Waals surface area contributed by atoms with Crippen molar-refractivity contribution in [2.75, 3.05) is 6.54 Å². The lowest BCUT2D eigenvalue weighted by Gasteiger charge is -2.10. The molecule has 0 unspecified atom stereocenters. The average molecular weight is 278 g/mol. The quantitative estimate of drug-likeness (QED) is 0.864. The van der Waals surface area contributed by atoms with Crippen molar-refractivity contribution in [1.29, 1.82) is 0 Å². The highest BCUT2D eigenvalue weighted by atomic mass is 35.5. The number of halogens is 2. The summed E-state index contributed by atoms with van der Waals surface area (Å²) in [5.41, 5.74) is 4.02. The van der Waals surface area contributed by atoms with E-state index in [-0.39, 0.29) is 5.82 Å². The van der Waals surface area contributed by atoms with Crippen molar-refractivity contribution >= 4 is 11.6 Å². The summed E-state index contributed by atoms with van der Waals surface area (Å²) in [6.07, 6.45) is 0.